The van der Waals surface area contributed by atoms with Gasteiger partial charge in [0, 0.05) is 49.4 Å². The zero-order chi connectivity index (χ0) is 28.8. The molecule has 0 bridgehead atoms. The second kappa shape index (κ2) is 11.0. The normalized spacial score (nSPS) is 20.1. The third kappa shape index (κ3) is 4.86. The van der Waals surface area contributed by atoms with Gasteiger partial charge in [-0.05, 0) is 62.7 Å². The maximum atomic E-state index is 13.5. The Bertz CT molecular complexity index is 1530. The van der Waals surface area contributed by atoms with E-state index in [1.54, 1.807) is 0 Å². The van der Waals surface area contributed by atoms with Crippen LogP contribution in [0.25, 0.3) is 10.8 Å². The first-order valence-electron chi connectivity index (χ1n) is 15.0. The van der Waals surface area contributed by atoms with Gasteiger partial charge in [-0.25, -0.2) is 4.39 Å². The molecule has 4 aliphatic heterocycles. The molecule has 0 saturated carbocycles. The Hall–Kier alpha value is -3.43. The van der Waals surface area contributed by atoms with Crippen molar-refractivity contribution in [1.29, 1.82) is 0 Å². The van der Waals surface area contributed by atoms with E-state index in [1.165, 1.54) is 17.7 Å². The van der Waals surface area contributed by atoms with Crippen LogP contribution in [0.5, 0.6) is 6.01 Å². The molecule has 2 aromatic carbocycles. The van der Waals surface area contributed by atoms with Gasteiger partial charge in [0.25, 0.3) is 5.91 Å². The first-order chi connectivity index (χ1) is 20.4. The average Bonchev–Trinajstić information content (AvgIpc) is 3.60. The molecule has 42 heavy (non-hydrogen) atoms. The third-order valence-electron chi connectivity index (χ3n) is 9.57. The van der Waals surface area contributed by atoms with Crippen LogP contribution < -0.4 is 14.5 Å². The Morgan fingerprint density at radius 2 is 1.71 bits per heavy atom. The maximum absolute atomic E-state index is 13.5. The number of fused-ring (bicyclic) bond motifs is 3. The standard InChI is InChI=1S/C32H36ClFN6O2/c1-22(34)30(41)38-18-16-37(17-19-38)29-24-10-15-39(27-9-3-7-23-6-2-8-25(33)28(23)27)20-26(24)35-31(36-29)42-21-32-11-4-13-40(32)14-5-12-32/h2-3,6-9H,1,4-5,10-21H2. The van der Waals surface area contributed by atoms with Crippen molar-refractivity contribution in [1.82, 2.24) is 19.8 Å². The van der Waals surface area contributed by atoms with Crippen LogP contribution in [0.2, 0.25) is 5.02 Å². The fourth-order valence-corrected chi connectivity index (χ4v) is 7.69. The topological polar surface area (TPSA) is 65.0 Å². The molecule has 0 radical (unpaired) electrons. The minimum atomic E-state index is -0.917. The lowest BCUT2D eigenvalue weighted by atomic mass is 9.95. The molecule has 1 aromatic heterocycles. The van der Waals surface area contributed by atoms with Crippen molar-refractivity contribution in [2.45, 2.75) is 44.2 Å². The summed E-state index contributed by atoms with van der Waals surface area (Å²) in [7, 11) is 0. The second-order valence-corrected chi connectivity index (χ2v) is 12.3. The molecule has 5 heterocycles. The SMILES string of the molecule is C=C(F)C(=O)N1CCN(c2nc(OCC34CCCN3CCC4)nc3c2CCN(c2cccc4cccc(Cl)c24)C3)CC1. The van der Waals surface area contributed by atoms with Gasteiger partial charge in [-0.1, -0.05) is 42.4 Å². The summed E-state index contributed by atoms with van der Waals surface area (Å²) in [6.45, 7) is 9.40. The van der Waals surface area contributed by atoms with Gasteiger partial charge in [-0.3, -0.25) is 9.69 Å². The van der Waals surface area contributed by atoms with Crippen LogP contribution in [-0.2, 0) is 17.8 Å². The Kier molecular flexibility index (Phi) is 7.18. The monoisotopic (exact) mass is 590 g/mol. The highest BCUT2D eigenvalue weighted by Gasteiger charge is 2.45. The van der Waals surface area contributed by atoms with E-state index in [9.17, 15) is 9.18 Å². The zero-order valence-electron chi connectivity index (χ0n) is 23.8. The number of piperazine rings is 1. The van der Waals surface area contributed by atoms with Gasteiger partial charge in [0.05, 0.1) is 22.8 Å². The Morgan fingerprint density at radius 1 is 0.976 bits per heavy atom. The highest BCUT2D eigenvalue weighted by molar-refractivity contribution is 6.36. The highest BCUT2D eigenvalue weighted by atomic mass is 35.5. The number of nitrogens with zero attached hydrogens (tertiary/aromatic N) is 6. The molecule has 3 fully saturated rings. The number of rotatable bonds is 6. The van der Waals surface area contributed by atoms with Crippen molar-refractivity contribution in [3.63, 3.8) is 0 Å². The number of hydrogen-bond donors (Lipinski definition) is 0. The number of anilines is 2. The van der Waals surface area contributed by atoms with Crippen molar-refractivity contribution >= 4 is 39.8 Å². The lowest BCUT2D eigenvalue weighted by molar-refractivity contribution is -0.128. The highest BCUT2D eigenvalue weighted by Crippen LogP contribution is 2.40. The first kappa shape index (κ1) is 27.4. The van der Waals surface area contributed by atoms with Crippen molar-refractivity contribution in [3.05, 3.63) is 65.1 Å². The van der Waals surface area contributed by atoms with E-state index in [4.69, 9.17) is 26.3 Å². The molecule has 10 heteroatoms. The van der Waals surface area contributed by atoms with Crippen molar-refractivity contribution in [2.24, 2.45) is 0 Å². The van der Waals surface area contributed by atoms with Crippen molar-refractivity contribution < 1.29 is 13.9 Å². The van der Waals surface area contributed by atoms with Crippen LogP contribution in [0, 0.1) is 0 Å². The van der Waals surface area contributed by atoms with Gasteiger partial charge < -0.3 is 19.4 Å². The van der Waals surface area contributed by atoms with E-state index < -0.39 is 11.7 Å². The summed E-state index contributed by atoms with van der Waals surface area (Å²) in [5.41, 5.74) is 3.25. The molecular formula is C32H36ClFN6O2. The number of carbonyl (C=O) groups is 1. The fourth-order valence-electron chi connectivity index (χ4n) is 7.41. The number of aromatic nitrogens is 2. The summed E-state index contributed by atoms with van der Waals surface area (Å²) in [5, 5.41) is 2.90. The van der Waals surface area contributed by atoms with E-state index in [1.807, 2.05) is 12.1 Å². The Labute approximate surface area is 250 Å². The van der Waals surface area contributed by atoms with Crippen LogP contribution >= 0.6 is 11.6 Å². The maximum Gasteiger partial charge on any atom is 0.318 e. The van der Waals surface area contributed by atoms with E-state index in [-0.39, 0.29) is 5.54 Å². The molecule has 1 amide bonds. The average molecular weight is 591 g/mol. The lowest BCUT2D eigenvalue weighted by Gasteiger charge is -2.38. The van der Waals surface area contributed by atoms with Gasteiger partial charge in [0.15, 0.2) is 5.83 Å². The predicted octanol–water partition coefficient (Wildman–Crippen LogP) is 4.98. The minimum absolute atomic E-state index is 0.0892. The van der Waals surface area contributed by atoms with Gasteiger partial charge in [0.1, 0.15) is 12.4 Å². The van der Waals surface area contributed by atoms with E-state index in [0.717, 1.165) is 77.5 Å². The molecule has 0 unspecified atom stereocenters. The number of amides is 1. The van der Waals surface area contributed by atoms with E-state index >= 15 is 0 Å². The summed E-state index contributed by atoms with van der Waals surface area (Å²) in [5.74, 6) is -0.687. The molecule has 0 aliphatic carbocycles. The first-order valence-corrected chi connectivity index (χ1v) is 15.4. The van der Waals surface area contributed by atoms with Gasteiger partial charge in [0.2, 0.25) is 0 Å². The quantitative estimate of drug-likeness (QED) is 0.375. The molecule has 3 saturated heterocycles. The summed E-state index contributed by atoms with van der Waals surface area (Å²) in [4.78, 5) is 30.8. The molecule has 8 nitrogen and oxygen atoms in total. The number of hydrogen-bond acceptors (Lipinski definition) is 7. The van der Waals surface area contributed by atoms with Gasteiger partial charge in [-0.15, -0.1) is 0 Å². The second-order valence-electron chi connectivity index (χ2n) is 11.9. The van der Waals surface area contributed by atoms with E-state index in [0.29, 0.717) is 45.3 Å². The molecule has 7 rings (SSSR count). The van der Waals surface area contributed by atoms with Crippen LogP contribution in [0.4, 0.5) is 15.9 Å². The van der Waals surface area contributed by atoms with Crippen LogP contribution in [-0.4, -0.2) is 83.6 Å². The lowest BCUT2D eigenvalue weighted by Crippen LogP contribution is -2.49. The van der Waals surface area contributed by atoms with E-state index in [2.05, 4.69) is 45.5 Å². The number of benzene rings is 2. The minimum Gasteiger partial charge on any atom is -0.461 e. The largest absolute Gasteiger partial charge is 0.461 e. The van der Waals surface area contributed by atoms with Gasteiger partial charge in [-0.2, -0.15) is 9.97 Å². The Morgan fingerprint density at radius 3 is 2.45 bits per heavy atom. The van der Waals surface area contributed by atoms with Gasteiger partial charge >= 0.3 is 6.01 Å². The fraction of sp³-hybridized carbons (Fsp3) is 0.469. The molecule has 4 aliphatic rings. The zero-order valence-corrected chi connectivity index (χ0v) is 24.6. The van der Waals surface area contributed by atoms with Crippen molar-refractivity contribution in [3.8, 4) is 6.01 Å². The molecule has 3 aromatic rings. The molecular weight excluding hydrogens is 555 g/mol. The number of carbonyl (C=O) groups excluding carboxylic acids is 1. The summed E-state index contributed by atoms with van der Waals surface area (Å²) in [6.07, 6.45) is 5.48. The summed E-state index contributed by atoms with van der Waals surface area (Å²) in [6, 6.07) is 12.7. The summed E-state index contributed by atoms with van der Waals surface area (Å²) < 4.78 is 20.0. The van der Waals surface area contributed by atoms with Crippen molar-refractivity contribution in [2.75, 3.05) is 62.2 Å². The molecule has 220 valence electrons. The summed E-state index contributed by atoms with van der Waals surface area (Å²) >= 11 is 6.69. The van der Waals surface area contributed by atoms with Crippen LogP contribution in [0.15, 0.2) is 48.8 Å². The number of ether oxygens (including phenoxy) is 1. The predicted molar refractivity (Wildman–Crippen MR) is 163 cm³/mol. The Balaban J connectivity index is 1.20. The van der Waals surface area contributed by atoms with Crippen LogP contribution in [0.3, 0.4) is 0 Å². The van der Waals surface area contributed by atoms with Crippen LogP contribution in [0.1, 0.15) is 36.9 Å². The molecule has 0 N–H and O–H groups in total. The molecule has 0 spiro atoms. The smallest absolute Gasteiger partial charge is 0.318 e. The third-order valence-corrected chi connectivity index (χ3v) is 9.89. The molecule has 0 atom stereocenters. The number of halogens is 2.